The number of hydrogen-bond donors (Lipinski definition) is 1. The van der Waals surface area contributed by atoms with Crippen molar-refractivity contribution in [2.45, 2.75) is 17.8 Å². The molecule has 160 valence electrons. The number of amides is 2. The highest BCUT2D eigenvalue weighted by Crippen LogP contribution is 2.36. The SMILES string of the molecule is C=CCn1c(SCC(=O)NC(=O)c2cccn2C)nnc1C1COc2ccccc2O1. The van der Waals surface area contributed by atoms with Crippen LogP contribution in [0, 0.1) is 0 Å². The normalized spacial score (nSPS) is 14.8. The van der Waals surface area contributed by atoms with E-state index in [0.29, 0.717) is 41.3 Å². The Labute approximate surface area is 183 Å². The minimum Gasteiger partial charge on any atom is -0.485 e. The fourth-order valence-electron chi connectivity index (χ4n) is 3.15. The van der Waals surface area contributed by atoms with Gasteiger partial charge in [0.05, 0.1) is 5.75 Å². The van der Waals surface area contributed by atoms with E-state index in [1.54, 1.807) is 36.0 Å². The lowest BCUT2D eigenvalue weighted by Gasteiger charge is -2.26. The van der Waals surface area contributed by atoms with Gasteiger partial charge in [-0.2, -0.15) is 0 Å². The largest absolute Gasteiger partial charge is 0.485 e. The summed E-state index contributed by atoms with van der Waals surface area (Å²) in [4.78, 5) is 24.5. The van der Waals surface area contributed by atoms with Crippen molar-refractivity contribution in [3.05, 3.63) is 66.8 Å². The van der Waals surface area contributed by atoms with Crippen LogP contribution in [0.1, 0.15) is 22.4 Å². The number of carbonyl (C=O) groups is 2. The van der Waals surface area contributed by atoms with Gasteiger partial charge in [-0.25, -0.2) is 0 Å². The topological polar surface area (TPSA) is 100 Å². The molecule has 1 aliphatic heterocycles. The van der Waals surface area contributed by atoms with Crippen molar-refractivity contribution in [3.8, 4) is 11.5 Å². The molecule has 0 spiro atoms. The molecule has 3 heterocycles. The van der Waals surface area contributed by atoms with Crippen molar-refractivity contribution < 1.29 is 19.1 Å². The zero-order chi connectivity index (χ0) is 21.8. The molecule has 1 N–H and O–H groups in total. The Morgan fingerprint density at radius 3 is 2.81 bits per heavy atom. The summed E-state index contributed by atoms with van der Waals surface area (Å²) in [5.41, 5.74) is 0.408. The summed E-state index contributed by atoms with van der Waals surface area (Å²) in [6.45, 7) is 4.52. The molecule has 9 nitrogen and oxygen atoms in total. The van der Waals surface area contributed by atoms with Crippen molar-refractivity contribution in [1.29, 1.82) is 0 Å². The fourth-order valence-corrected chi connectivity index (χ4v) is 3.90. The molecule has 2 amide bonds. The van der Waals surface area contributed by atoms with Crippen LogP contribution >= 0.6 is 11.8 Å². The molecular weight excluding hydrogens is 418 g/mol. The molecule has 1 atom stereocenters. The van der Waals surface area contributed by atoms with E-state index in [0.717, 1.165) is 0 Å². The Bertz CT molecular complexity index is 1120. The Morgan fingerprint density at radius 1 is 1.26 bits per heavy atom. The summed E-state index contributed by atoms with van der Waals surface area (Å²) < 4.78 is 15.3. The van der Waals surface area contributed by atoms with Gasteiger partial charge in [-0.15, -0.1) is 16.8 Å². The number of carbonyl (C=O) groups excluding carboxylic acids is 2. The lowest BCUT2D eigenvalue weighted by Crippen LogP contribution is -2.33. The second kappa shape index (κ2) is 9.09. The molecule has 0 saturated carbocycles. The molecule has 0 aliphatic carbocycles. The molecular formula is C21H21N5O4S. The third kappa shape index (κ3) is 4.48. The van der Waals surface area contributed by atoms with Gasteiger partial charge < -0.3 is 14.0 Å². The standard InChI is InChI=1S/C21H21N5O4S/c1-3-10-26-19(17-12-29-15-8-4-5-9-16(15)30-17)23-24-21(26)31-13-18(27)22-20(28)14-7-6-11-25(14)2/h3-9,11,17H,1,10,12-13H2,2H3,(H,22,27,28). The van der Waals surface area contributed by atoms with E-state index in [9.17, 15) is 9.59 Å². The first-order valence-electron chi connectivity index (χ1n) is 9.57. The molecule has 10 heteroatoms. The van der Waals surface area contributed by atoms with Crippen LogP contribution in [0.15, 0.2) is 60.4 Å². The van der Waals surface area contributed by atoms with E-state index in [2.05, 4.69) is 22.1 Å². The molecule has 0 bridgehead atoms. The molecule has 1 aromatic carbocycles. The minimum atomic E-state index is -0.447. The number of aromatic nitrogens is 4. The summed E-state index contributed by atoms with van der Waals surface area (Å²) in [7, 11) is 1.74. The number of rotatable bonds is 7. The van der Waals surface area contributed by atoms with E-state index in [1.165, 1.54) is 11.8 Å². The van der Waals surface area contributed by atoms with Gasteiger partial charge in [0, 0.05) is 19.8 Å². The number of imide groups is 1. The Balaban J connectivity index is 1.43. The molecule has 1 unspecified atom stereocenters. The average molecular weight is 439 g/mol. The smallest absolute Gasteiger partial charge is 0.274 e. The quantitative estimate of drug-likeness (QED) is 0.446. The number of nitrogens with zero attached hydrogens (tertiary/aromatic N) is 4. The third-order valence-corrected chi connectivity index (χ3v) is 5.58. The predicted molar refractivity (Wildman–Crippen MR) is 114 cm³/mol. The van der Waals surface area contributed by atoms with Crippen LogP contribution < -0.4 is 14.8 Å². The maximum atomic E-state index is 12.3. The average Bonchev–Trinajstić information content (AvgIpc) is 3.38. The third-order valence-electron chi connectivity index (χ3n) is 4.62. The van der Waals surface area contributed by atoms with E-state index < -0.39 is 17.9 Å². The summed E-state index contributed by atoms with van der Waals surface area (Å²) in [6.07, 6.45) is 3.01. The molecule has 1 aliphatic rings. The molecule has 0 saturated heterocycles. The molecule has 3 aromatic rings. The first-order valence-corrected chi connectivity index (χ1v) is 10.6. The van der Waals surface area contributed by atoms with Crippen LogP contribution in [0.4, 0.5) is 0 Å². The maximum Gasteiger partial charge on any atom is 0.274 e. The molecule has 2 aromatic heterocycles. The number of fused-ring (bicyclic) bond motifs is 1. The van der Waals surface area contributed by atoms with Crippen molar-refractivity contribution >= 4 is 23.6 Å². The zero-order valence-electron chi connectivity index (χ0n) is 16.9. The highest BCUT2D eigenvalue weighted by atomic mass is 32.2. The predicted octanol–water partition coefficient (Wildman–Crippen LogP) is 2.36. The first kappa shape index (κ1) is 20.7. The van der Waals surface area contributed by atoms with E-state index in [4.69, 9.17) is 9.47 Å². The molecule has 4 rings (SSSR count). The highest BCUT2D eigenvalue weighted by Gasteiger charge is 2.28. The number of benzene rings is 1. The number of hydrogen-bond acceptors (Lipinski definition) is 7. The van der Waals surface area contributed by atoms with Gasteiger partial charge in [0.25, 0.3) is 5.91 Å². The van der Waals surface area contributed by atoms with Gasteiger partial charge in [-0.05, 0) is 24.3 Å². The van der Waals surface area contributed by atoms with E-state index in [1.807, 2.05) is 28.8 Å². The number of thioether (sulfide) groups is 1. The van der Waals surface area contributed by atoms with Crippen LogP contribution in [-0.4, -0.2) is 43.5 Å². The highest BCUT2D eigenvalue weighted by molar-refractivity contribution is 7.99. The number of nitrogens with one attached hydrogen (secondary N) is 1. The monoisotopic (exact) mass is 439 g/mol. The maximum absolute atomic E-state index is 12.3. The van der Waals surface area contributed by atoms with Crippen LogP contribution in [0.2, 0.25) is 0 Å². The van der Waals surface area contributed by atoms with Crippen LogP contribution in [0.3, 0.4) is 0 Å². The summed E-state index contributed by atoms with van der Waals surface area (Å²) in [5.74, 6) is 1.05. The van der Waals surface area contributed by atoms with Crippen molar-refractivity contribution in [2.75, 3.05) is 12.4 Å². The van der Waals surface area contributed by atoms with Gasteiger partial charge in [-0.3, -0.25) is 19.5 Å². The van der Waals surface area contributed by atoms with Crippen molar-refractivity contribution in [1.82, 2.24) is 24.6 Å². The van der Waals surface area contributed by atoms with Gasteiger partial charge in [0.2, 0.25) is 5.91 Å². The molecule has 0 radical (unpaired) electrons. The van der Waals surface area contributed by atoms with Gasteiger partial charge in [0.1, 0.15) is 12.3 Å². The zero-order valence-corrected chi connectivity index (χ0v) is 17.7. The lowest BCUT2D eigenvalue weighted by molar-refractivity contribution is -0.117. The Morgan fingerprint density at radius 2 is 2.06 bits per heavy atom. The second-order valence-electron chi connectivity index (χ2n) is 6.77. The van der Waals surface area contributed by atoms with Crippen molar-refractivity contribution in [2.24, 2.45) is 7.05 Å². The number of aryl methyl sites for hydroxylation is 1. The Hall–Kier alpha value is -3.53. The number of para-hydroxylation sites is 2. The van der Waals surface area contributed by atoms with Gasteiger partial charge >= 0.3 is 0 Å². The fraction of sp³-hybridized carbons (Fsp3) is 0.238. The van der Waals surface area contributed by atoms with Crippen LogP contribution in [0.25, 0.3) is 0 Å². The molecule has 0 fully saturated rings. The van der Waals surface area contributed by atoms with Gasteiger partial charge in [-0.1, -0.05) is 30.0 Å². The first-order chi connectivity index (χ1) is 15.1. The number of allylic oxidation sites excluding steroid dienone is 1. The summed E-state index contributed by atoms with van der Waals surface area (Å²) in [5, 5.41) is 11.4. The lowest BCUT2D eigenvalue weighted by atomic mass is 10.2. The summed E-state index contributed by atoms with van der Waals surface area (Å²) >= 11 is 1.18. The molecule has 31 heavy (non-hydrogen) atoms. The number of ether oxygens (including phenoxy) is 2. The van der Waals surface area contributed by atoms with Crippen LogP contribution in [0.5, 0.6) is 11.5 Å². The van der Waals surface area contributed by atoms with Crippen LogP contribution in [-0.2, 0) is 18.4 Å². The van der Waals surface area contributed by atoms with Gasteiger partial charge in [0.15, 0.2) is 28.6 Å². The van der Waals surface area contributed by atoms with Crippen molar-refractivity contribution in [3.63, 3.8) is 0 Å². The van der Waals surface area contributed by atoms with E-state index in [-0.39, 0.29) is 5.75 Å². The minimum absolute atomic E-state index is 0.0102. The summed E-state index contributed by atoms with van der Waals surface area (Å²) in [6, 6.07) is 10.8. The second-order valence-corrected chi connectivity index (χ2v) is 7.72. The van der Waals surface area contributed by atoms with E-state index >= 15 is 0 Å². The Kier molecular flexibility index (Phi) is 6.08.